The van der Waals surface area contributed by atoms with Gasteiger partial charge in [0.2, 0.25) is 10.4 Å². The van der Waals surface area contributed by atoms with Crippen molar-refractivity contribution in [2.24, 2.45) is 4.99 Å². The molecule has 0 saturated carbocycles. The molecule has 0 amide bonds. The lowest BCUT2D eigenvalue weighted by atomic mass is 10.2. The number of piperazine rings is 1. The first-order valence-corrected chi connectivity index (χ1v) is 9.97. The standard InChI is InChI=1S/C18H23N5O3S/c1-2-21-9-11-22(12-10-21)23-14-17(26-20-23)19-16(24)8-13-27-18(25)15-6-4-3-5-7-15/h3-7,14H,2,8-13H2,1H3. The van der Waals surface area contributed by atoms with Crippen molar-refractivity contribution in [3.8, 4) is 0 Å². The molecule has 0 aliphatic carbocycles. The SMILES string of the molecule is CCN1CCN([n+]2cc(N=C([O-])CCSC(=O)c3ccccc3)on2)CC1. The Balaban J connectivity index is 1.47. The maximum absolute atomic E-state index is 12.0. The number of benzene rings is 1. The summed E-state index contributed by atoms with van der Waals surface area (Å²) >= 11 is 1.11. The highest BCUT2D eigenvalue weighted by Gasteiger charge is 2.25. The van der Waals surface area contributed by atoms with Gasteiger partial charge in [-0.2, -0.15) is 5.01 Å². The molecule has 27 heavy (non-hydrogen) atoms. The molecule has 1 fully saturated rings. The average Bonchev–Trinajstić information content (AvgIpc) is 3.17. The molecule has 2 aromatic rings. The number of rotatable bonds is 7. The van der Waals surface area contributed by atoms with E-state index in [1.54, 1.807) is 23.1 Å². The molecule has 0 atom stereocenters. The third-order valence-corrected chi connectivity index (χ3v) is 5.23. The number of carbonyl (C=O) groups excluding carboxylic acids is 1. The van der Waals surface area contributed by atoms with Crippen LogP contribution in [0.3, 0.4) is 0 Å². The molecule has 0 spiro atoms. The molecule has 9 heteroatoms. The molecule has 1 saturated heterocycles. The van der Waals surface area contributed by atoms with Crippen LogP contribution < -0.4 is 14.9 Å². The van der Waals surface area contributed by atoms with Gasteiger partial charge in [0, 0.05) is 24.4 Å². The van der Waals surface area contributed by atoms with Gasteiger partial charge in [0.25, 0.3) is 6.20 Å². The summed E-state index contributed by atoms with van der Waals surface area (Å²) in [5.74, 6) is 0.225. The number of hydrogen-bond donors (Lipinski definition) is 0. The van der Waals surface area contributed by atoms with Crippen molar-refractivity contribution in [2.75, 3.05) is 43.5 Å². The number of hydrogen-bond acceptors (Lipinski definition) is 8. The van der Waals surface area contributed by atoms with Crippen molar-refractivity contribution in [1.82, 2.24) is 10.2 Å². The molecule has 2 heterocycles. The van der Waals surface area contributed by atoms with Crippen LogP contribution in [0.15, 0.2) is 46.0 Å². The Bertz CT molecular complexity index is 772. The fraction of sp³-hybridized carbons (Fsp3) is 0.444. The third kappa shape index (κ3) is 5.54. The zero-order valence-electron chi connectivity index (χ0n) is 15.3. The quantitative estimate of drug-likeness (QED) is 0.389. The highest BCUT2D eigenvalue weighted by atomic mass is 32.2. The van der Waals surface area contributed by atoms with Crippen LogP contribution in [0, 0.1) is 0 Å². The Morgan fingerprint density at radius 3 is 2.74 bits per heavy atom. The van der Waals surface area contributed by atoms with E-state index in [-0.39, 0.29) is 23.3 Å². The Morgan fingerprint density at radius 1 is 1.30 bits per heavy atom. The second kappa shape index (κ2) is 9.52. The molecule has 0 radical (unpaired) electrons. The molecule has 8 nitrogen and oxygen atoms in total. The number of aliphatic imine (C=N–C) groups is 1. The first-order valence-electron chi connectivity index (χ1n) is 8.98. The van der Waals surface area contributed by atoms with E-state index in [1.807, 2.05) is 23.2 Å². The Labute approximate surface area is 162 Å². The van der Waals surface area contributed by atoms with Crippen LogP contribution >= 0.6 is 11.8 Å². The lowest BCUT2D eigenvalue weighted by Crippen LogP contribution is -2.65. The van der Waals surface area contributed by atoms with Gasteiger partial charge in [0.15, 0.2) is 0 Å². The van der Waals surface area contributed by atoms with E-state index < -0.39 is 0 Å². The summed E-state index contributed by atoms with van der Waals surface area (Å²) in [5.41, 5.74) is 0.631. The molecule has 144 valence electrons. The van der Waals surface area contributed by atoms with E-state index in [2.05, 4.69) is 22.1 Å². The molecule has 3 rings (SSSR count). The van der Waals surface area contributed by atoms with Crippen LogP contribution in [-0.2, 0) is 0 Å². The van der Waals surface area contributed by atoms with Gasteiger partial charge in [-0.3, -0.25) is 14.2 Å². The first kappa shape index (κ1) is 19.4. The number of likely N-dealkylation sites (N-methyl/N-ethyl adjacent to an activating group) is 1. The maximum atomic E-state index is 12.0. The van der Waals surface area contributed by atoms with E-state index in [9.17, 15) is 9.90 Å². The lowest BCUT2D eigenvalue weighted by Gasteiger charge is -2.28. The van der Waals surface area contributed by atoms with Crippen LogP contribution in [0.5, 0.6) is 0 Å². The van der Waals surface area contributed by atoms with Gasteiger partial charge < -0.3 is 5.11 Å². The summed E-state index contributed by atoms with van der Waals surface area (Å²) in [6, 6.07) is 9.01. The highest BCUT2D eigenvalue weighted by molar-refractivity contribution is 8.14. The van der Waals surface area contributed by atoms with E-state index >= 15 is 0 Å². The van der Waals surface area contributed by atoms with Crippen LogP contribution in [0.1, 0.15) is 23.7 Å². The second-order valence-electron chi connectivity index (χ2n) is 6.11. The number of thioether (sulfide) groups is 1. The Hall–Kier alpha value is -2.39. The fourth-order valence-corrected chi connectivity index (χ4v) is 3.50. The summed E-state index contributed by atoms with van der Waals surface area (Å²) in [6.45, 7) is 6.81. The van der Waals surface area contributed by atoms with Crippen molar-refractivity contribution < 1.29 is 19.2 Å². The molecule has 1 aromatic heterocycles. The van der Waals surface area contributed by atoms with E-state index in [0.29, 0.717) is 11.3 Å². The molecule has 0 N–H and O–H groups in total. The maximum Gasteiger partial charge on any atom is 0.324 e. The Kier molecular flexibility index (Phi) is 6.83. The molecule has 0 unspecified atom stereocenters. The van der Waals surface area contributed by atoms with E-state index in [1.165, 1.54) is 0 Å². The van der Waals surface area contributed by atoms with Gasteiger partial charge in [0.05, 0.1) is 17.9 Å². The van der Waals surface area contributed by atoms with Crippen LogP contribution in [0.25, 0.3) is 0 Å². The largest absolute Gasteiger partial charge is 0.862 e. The van der Waals surface area contributed by atoms with Crippen molar-refractivity contribution in [3.05, 3.63) is 42.1 Å². The molecular weight excluding hydrogens is 366 g/mol. The van der Waals surface area contributed by atoms with Gasteiger partial charge in [-0.05, 0) is 18.9 Å². The predicted octanol–water partition coefficient (Wildman–Crippen LogP) is 0.590. The number of nitrogens with zero attached hydrogens (tertiary/aromatic N) is 5. The molecular formula is C18H23N5O3S. The van der Waals surface area contributed by atoms with Gasteiger partial charge >= 0.3 is 5.88 Å². The van der Waals surface area contributed by atoms with Gasteiger partial charge in [-0.15, -0.1) is 0 Å². The topological polar surface area (TPSA) is 88.9 Å². The van der Waals surface area contributed by atoms with E-state index in [0.717, 1.165) is 44.5 Å². The number of carbonyl (C=O) groups is 1. The summed E-state index contributed by atoms with van der Waals surface area (Å²) in [7, 11) is 0. The minimum absolute atomic E-state index is 0.0490. The molecule has 1 aromatic carbocycles. The van der Waals surface area contributed by atoms with Crippen LogP contribution in [0.2, 0.25) is 0 Å². The number of aromatic nitrogens is 2. The highest BCUT2D eigenvalue weighted by Crippen LogP contribution is 2.14. The monoisotopic (exact) mass is 389 g/mol. The van der Waals surface area contributed by atoms with Crippen molar-refractivity contribution in [3.63, 3.8) is 0 Å². The summed E-state index contributed by atoms with van der Waals surface area (Å²) in [4.78, 5) is 19.9. The van der Waals surface area contributed by atoms with Crippen molar-refractivity contribution in [1.29, 1.82) is 0 Å². The zero-order valence-corrected chi connectivity index (χ0v) is 16.1. The fourth-order valence-electron chi connectivity index (χ4n) is 2.74. The molecule has 1 aliphatic heterocycles. The summed E-state index contributed by atoms with van der Waals surface area (Å²) in [5, 5.41) is 17.9. The normalized spacial score (nSPS) is 15.9. The summed E-state index contributed by atoms with van der Waals surface area (Å²) in [6.07, 6.45) is 1.78. The van der Waals surface area contributed by atoms with Crippen LogP contribution in [-0.4, -0.2) is 59.7 Å². The first-order chi connectivity index (χ1) is 13.2. The smallest absolute Gasteiger partial charge is 0.324 e. The lowest BCUT2D eigenvalue weighted by molar-refractivity contribution is -0.759. The molecule has 1 aliphatic rings. The Morgan fingerprint density at radius 2 is 2.04 bits per heavy atom. The molecule has 0 bridgehead atoms. The zero-order chi connectivity index (χ0) is 19.1. The van der Waals surface area contributed by atoms with Crippen molar-refractivity contribution in [2.45, 2.75) is 13.3 Å². The second-order valence-corrected chi connectivity index (χ2v) is 7.17. The van der Waals surface area contributed by atoms with Gasteiger partial charge in [-0.25, -0.2) is 4.99 Å². The third-order valence-electron chi connectivity index (χ3n) is 4.32. The van der Waals surface area contributed by atoms with Gasteiger partial charge in [0.1, 0.15) is 0 Å². The minimum atomic E-state index is -0.331. The van der Waals surface area contributed by atoms with Gasteiger partial charge in [-0.1, -0.05) is 49.0 Å². The van der Waals surface area contributed by atoms with E-state index in [4.69, 9.17) is 4.52 Å². The summed E-state index contributed by atoms with van der Waals surface area (Å²) < 4.78 is 5.13. The average molecular weight is 389 g/mol. The minimum Gasteiger partial charge on any atom is -0.862 e. The van der Waals surface area contributed by atoms with Crippen molar-refractivity contribution >= 4 is 28.7 Å². The van der Waals surface area contributed by atoms with Crippen LogP contribution in [0.4, 0.5) is 5.88 Å². The predicted molar refractivity (Wildman–Crippen MR) is 102 cm³/mol.